The van der Waals surface area contributed by atoms with Crippen molar-refractivity contribution in [2.75, 3.05) is 0 Å². The van der Waals surface area contributed by atoms with Crippen molar-refractivity contribution in [2.24, 2.45) is 0 Å². The summed E-state index contributed by atoms with van der Waals surface area (Å²) in [5, 5.41) is 0. The van der Waals surface area contributed by atoms with E-state index in [1.54, 1.807) is 6.08 Å². The minimum Gasteiger partial charge on any atom is -0.295 e. The molecule has 0 aromatic carbocycles. The SMILES string of the molecule is O=C1C=CC(P)CC1. The molecule has 0 N–H and O–H groups in total. The van der Waals surface area contributed by atoms with Gasteiger partial charge in [0.15, 0.2) is 5.78 Å². The fraction of sp³-hybridized carbons (Fsp3) is 0.500. The fourth-order valence-electron chi connectivity index (χ4n) is 0.719. The van der Waals surface area contributed by atoms with Crippen molar-refractivity contribution in [1.29, 1.82) is 0 Å². The Bertz CT molecular complexity index is 128. The summed E-state index contributed by atoms with van der Waals surface area (Å²) in [6.45, 7) is 0. The highest BCUT2D eigenvalue weighted by Crippen LogP contribution is 2.14. The van der Waals surface area contributed by atoms with E-state index >= 15 is 0 Å². The Labute approximate surface area is 51.4 Å². The lowest BCUT2D eigenvalue weighted by Crippen LogP contribution is -2.05. The van der Waals surface area contributed by atoms with Crippen LogP contribution in [0.1, 0.15) is 12.8 Å². The van der Waals surface area contributed by atoms with Gasteiger partial charge in [0.1, 0.15) is 0 Å². The maximum atomic E-state index is 10.5. The first-order chi connectivity index (χ1) is 3.79. The average Bonchev–Trinajstić information content (AvgIpc) is 1.77. The molecule has 44 valence electrons. The monoisotopic (exact) mass is 128 g/mol. The number of rotatable bonds is 0. The van der Waals surface area contributed by atoms with E-state index in [0.717, 1.165) is 12.8 Å². The summed E-state index contributed by atoms with van der Waals surface area (Å²) >= 11 is 0. The van der Waals surface area contributed by atoms with Crippen molar-refractivity contribution >= 4 is 15.0 Å². The molecule has 0 saturated heterocycles. The minimum absolute atomic E-state index is 0.267. The van der Waals surface area contributed by atoms with Gasteiger partial charge in [-0.15, -0.1) is 9.24 Å². The third-order valence-corrected chi connectivity index (χ3v) is 1.81. The normalized spacial score (nSPS) is 28.6. The Morgan fingerprint density at radius 1 is 1.75 bits per heavy atom. The molecule has 0 aromatic heterocycles. The highest BCUT2D eigenvalue weighted by atomic mass is 31.0. The summed E-state index contributed by atoms with van der Waals surface area (Å²) < 4.78 is 0. The third kappa shape index (κ3) is 1.41. The molecule has 0 saturated carbocycles. The van der Waals surface area contributed by atoms with E-state index in [2.05, 4.69) is 9.24 Å². The predicted molar refractivity (Wildman–Crippen MR) is 36.9 cm³/mol. The first kappa shape index (κ1) is 5.97. The largest absolute Gasteiger partial charge is 0.295 e. The van der Waals surface area contributed by atoms with Gasteiger partial charge in [0, 0.05) is 6.42 Å². The fourth-order valence-corrected chi connectivity index (χ4v) is 0.997. The van der Waals surface area contributed by atoms with E-state index in [1.165, 1.54) is 0 Å². The van der Waals surface area contributed by atoms with Crippen LogP contribution in [0.25, 0.3) is 0 Å². The van der Waals surface area contributed by atoms with E-state index in [9.17, 15) is 4.79 Å². The molecule has 0 amide bonds. The molecule has 0 radical (unpaired) electrons. The van der Waals surface area contributed by atoms with Gasteiger partial charge in [-0.1, -0.05) is 6.08 Å². The first-order valence-electron chi connectivity index (χ1n) is 2.75. The molecular weight excluding hydrogens is 119 g/mol. The van der Waals surface area contributed by atoms with Crippen LogP contribution in [0, 0.1) is 0 Å². The van der Waals surface area contributed by atoms with Crippen LogP contribution < -0.4 is 0 Å². The summed E-state index contributed by atoms with van der Waals surface area (Å²) in [7, 11) is 2.68. The van der Waals surface area contributed by atoms with Gasteiger partial charge in [0.05, 0.1) is 0 Å². The minimum atomic E-state index is 0.267. The summed E-state index contributed by atoms with van der Waals surface area (Å²) in [5.74, 6) is 0.267. The Kier molecular flexibility index (Phi) is 1.80. The second-order valence-corrected chi connectivity index (χ2v) is 2.88. The van der Waals surface area contributed by atoms with Crippen molar-refractivity contribution in [3.63, 3.8) is 0 Å². The lowest BCUT2D eigenvalue weighted by Gasteiger charge is -2.07. The Morgan fingerprint density at radius 2 is 2.50 bits per heavy atom. The van der Waals surface area contributed by atoms with Crippen LogP contribution in [0.5, 0.6) is 0 Å². The van der Waals surface area contributed by atoms with Crippen molar-refractivity contribution in [1.82, 2.24) is 0 Å². The predicted octanol–water partition coefficient (Wildman–Crippen LogP) is 1.15. The number of hydrogen-bond acceptors (Lipinski definition) is 1. The van der Waals surface area contributed by atoms with Crippen molar-refractivity contribution in [3.05, 3.63) is 12.2 Å². The molecule has 2 atom stereocenters. The van der Waals surface area contributed by atoms with Gasteiger partial charge in [0.2, 0.25) is 0 Å². The molecule has 0 fully saturated rings. The van der Waals surface area contributed by atoms with Crippen molar-refractivity contribution in [2.45, 2.75) is 18.5 Å². The molecule has 0 bridgehead atoms. The van der Waals surface area contributed by atoms with E-state index in [1.807, 2.05) is 6.08 Å². The van der Waals surface area contributed by atoms with Crippen LogP contribution in [0.3, 0.4) is 0 Å². The van der Waals surface area contributed by atoms with E-state index in [-0.39, 0.29) is 5.78 Å². The molecule has 1 rings (SSSR count). The number of carbonyl (C=O) groups excluding carboxylic acids is 1. The Morgan fingerprint density at radius 3 is 2.88 bits per heavy atom. The summed E-state index contributed by atoms with van der Waals surface area (Å²) in [4.78, 5) is 10.5. The van der Waals surface area contributed by atoms with Gasteiger partial charge in [-0.25, -0.2) is 0 Å². The zero-order valence-corrected chi connectivity index (χ0v) is 5.79. The lowest BCUT2D eigenvalue weighted by molar-refractivity contribution is -0.114. The highest BCUT2D eigenvalue weighted by molar-refractivity contribution is 7.17. The van der Waals surface area contributed by atoms with Crippen LogP contribution in [0.15, 0.2) is 12.2 Å². The smallest absolute Gasteiger partial charge is 0.155 e. The van der Waals surface area contributed by atoms with Crippen LogP contribution in [0.4, 0.5) is 0 Å². The Balaban J connectivity index is 2.55. The molecular formula is C6H9OP. The van der Waals surface area contributed by atoms with Gasteiger partial charge in [-0.2, -0.15) is 0 Å². The maximum Gasteiger partial charge on any atom is 0.155 e. The molecule has 8 heavy (non-hydrogen) atoms. The molecule has 0 spiro atoms. The number of carbonyl (C=O) groups is 1. The van der Waals surface area contributed by atoms with Crippen LogP contribution in [-0.2, 0) is 4.79 Å². The molecule has 2 heteroatoms. The number of hydrogen-bond donors (Lipinski definition) is 0. The molecule has 1 nitrogen and oxygen atoms in total. The average molecular weight is 128 g/mol. The van der Waals surface area contributed by atoms with E-state index in [4.69, 9.17) is 0 Å². The summed E-state index contributed by atoms with van der Waals surface area (Å²) in [6, 6.07) is 0. The van der Waals surface area contributed by atoms with E-state index < -0.39 is 0 Å². The van der Waals surface area contributed by atoms with Crippen LogP contribution >= 0.6 is 9.24 Å². The third-order valence-electron chi connectivity index (χ3n) is 1.25. The number of ketones is 1. The first-order valence-corrected chi connectivity index (χ1v) is 3.42. The Hall–Kier alpha value is -0.160. The zero-order chi connectivity index (χ0) is 5.98. The maximum absolute atomic E-state index is 10.5. The highest BCUT2D eigenvalue weighted by Gasteiger charge is 2.06. The number of allylic oxidation sites excluding steroid dienone is 2. The van der Waals surface area contributed by atoms with Gasteiger partial charge in [-0.3, -0.25) is 4.79 Å². The second kappa shape index (κ2) is 2.41. The van der Waals surface area contributed by atoms with Crippen molar-refractivity contribution < 1.29 is 4.79 Å². The molecule has 2 unspecified atom stereocenters. The topological polar surface area (TPSA) is 17.1 Å². The van der Waals surface area contributed by atoms with Gasteiger partial charge in [0.25, 0.3) is 0 Å². The second-order valence-electron chi connectivity index (χ2n) is 2.03. The summed E-state index contributed by atoms with van der Waals surface area (Å²) in [5.41, 5.74) is 0.535. The lowest BCUT2D eigenvalue weighted by atomic mass is 10.1. The zero-order valence-electron chi connectivity index (χ0n) is 4.63. The van der Waals surface area contributed by atoms with Crippen molar-refractivity contribution in [3.8, 4) is 0 Å². The molecule has 0 aliphatic heterocycles. The molecule has 1 aliphatic carbocycles. The van der Waals surface area contributed by atoms with Gasteiger partial charge in [-0.05, 0) is 18.2 Å². The van der Waals surface area contributed by atoms with Gasteiger partial charge >= 0.3 is 0 Å². The molecule has 1 aliphatic rings. The van der Waals surface area contributed by atoms with Crippen LogP contribution in [-0.4, -0.2) is 11.4 Å². The van der Waals surface area contributed by atoms with E-state index in [0.29, 0.717) is 5.66 Å². The molecule has 0 aromatic rings. The van der Waals surface area contributed by atoms with Crippen LogP contribution in [0.2, 0.25) is 0 Å². The quantitative estimate of drug-likeness (QED) is 0.447. The summed E-state index contributed by atoms with van der Waals surface area (Å²) in [6.07, 6.45) is 5.34. The molecule has 0 heterocycles. The van der Waals surface area contributed by atoms with Gasteiger partial charge < -0.3 is 0 Å². The standard InChI is InChI=1S/C6H9OP/c7-5-1-3-6(8)4-2-5/h1,3,6H,2,4,8H2.